The Labute approximate surface area is 90.1 Å². The van der Waals surface area contributed by atoms with Gasteiger partial charge in [0, 0.05) is 12.5 Å². The molecule has 0 aliphatic heterocycles. The normalized spacial score (nSPS) is 13.6. The van der Waals surface area contributed by atoms with Crippen molar-refractivity contribution in [2.75, 3.05) is 7.11 Å². The number of hydrogen-bond donors (Lipinski definition) is 1. The molecule has 0 spiro atoms. The molecule has 0 amide bonds. The number of hydrogen-bond acceptors (Lipinski definition) is 4. The molecule has 90 valence electrons. The van der Waals surface area contributed by atoms with Gasteiger partial charge in [-0.2, -0.15) is 13.2 Å². The van der Waals surface area contributed by atoms with Crippen LogP contribution >= 0.6 is 0 Å². The van der Waals surface area contributed by atoms with E-state index in [0.29, 0.717) is 0 Å². The second-order valence-electron chi connectivity index (χ2n) is 3.15. The van der Waals surface area contributed by atoms with Gasteiger partial charge in [-0.3, -0.25) is 0 Å². The van der Waals surface area contributed by atoms with E-state index < -0.39 is 25.1 Å². The average molecular weight is 236 g/mol. The van der Waals surface area contributed by atoms with Crippen LogP contribution in [-0.2, 0) is 0 Å². The highest BCUT2D eigenvalue weighted by atomic mass is 19.4. The van der Waals surface area contributed by atoms with Gasteiger partial charge in [-0.1, -0.05) is 0 Å². The van der Waals surface area contributed by atoms with Crippen LogP contribution in [0.25, 0.3) is 0 Å². The monoisotopic (exact) mass is 236 g/mol. The highest BCUT2D eigenvalue weighted by Crippen LogP contribution is 2.27. The lowest BCUT2D eigenvalue weighted by atomic mass is 10.1. The van der Waals surface area contributed by atoms with E-state index in [9.17, 15) is 18.3 Å². The van der Waals surface area contributed by atoms with Gasteiger partial charge in [0.15, 0.2) is 0 Å². The SMILES string of the molecule is COc1cc(C(O)CCC(F)(F)F)ncn1. The summed E-state index contributed by atoms with van der Waals surface area (Å²) in [4.78, 5) is 7.36. The highest BCUT2D eigenvalue weighted by Gasteiger charge is 2.28. The van der Waals surface area contributed by atoms with Crippen LogP contribution in [0, 0.1) is 0 Å². The lowest BCUT2D eigenvalue weighted by Gasteiger charge is -2.11. The Morgan fingerprint density at radius 1 is 1.44 bits per heavy atom. The summed E-state index contributed by atoms with van der Waals surface area (Å²) in [5.74, 6) is 0.205. The third kappa shape index (κ3) is 4.01. The number of rotatable bonds is 4. The minimum absolute atomic E-state index is 0.121. The molecule has 1 N–H and O–H groups in total. The minimum Gasteiger partial charge on any atom is -0.481 e. The van der Waals surface area contributed by atoms with Crippen molar-refractivity contribution in [1.82, 2.24) is 9.97 Å². The fourth-order valence-corrected chi connectivity index (χ4v) is 1.10. The van der Waals surface area contributed by atoms with Gasteiger partial charge in [0.05, 0.1) is 18.9 Å². The number of ether oxygens (including phenoxy) is 1. The quantitative estimate of drug-likeness (QED) is 0.866. The van der Waals surface area contributed by atoms with Crippen LogP contribution in [0.2, 0.25) is 0 Å². The molecule has 0 saturated carbocycles. The highest BCUT2D eigenvalue weighted by molar-refractivity contribution is 5.15. The topological polar surface area (TPSA) is 55.2 Å². The molecule has 0 fully saturated rings. The fourth-order valence-electron chi connectivity index (χ4n) is 1.10. The van der Waals surface area contributed by atoms with Crippen molar-refractivity contribution in [3.8, 4) is 5.88 Å². The molecule has 0 aliphatic rings. The van der Waals surface area contributed by atoms with Gasteiger partial charge in [-0.25, -0.2) is 9.97 Å². The summed E-state index contributed by atoms with van der Waals surface area (Å²) in [7, 11) is 1.37. The first kappa shape index (κ1) is 12.7. The summed E-state index contributed by atoms with van der Waals surface area (Å²) in [6.45, 7) is 0. The van der Waals surface area contributed by atoms with Crippen LogP contribution in [0.3, 0.4) is 0 Å². The van der Waals surface area contributed by atoms with Gasteiger partial charge in [-0.05, 0) is 6.42 Å². The predicted molar refractivity (Wildman–Crippen MR) is 48.8 cm³/mol. The zero-order valence-corrected chi connectivity index (χ0v) is 8.53. The van der Waals surface area contributed by atoms with E-state index in [-0.39, 0.29) is 11.6 Å². The van der Waals surface area contributed by atoms with E-state index in [1.807, 2.05) is 0 Å². The fraction of sp³-hybridized carbons (Fsp3) is 0.556. The average Bonchev–Trinajstić information content (AvgIpc) is 2.25. The lowest BCUT2D eigenvalue weighted by Crippen LogP contribution is -2.11. The second-order valence-corrected chi connectivity index (χ2v) is 3.15. The molecule has 1 aromatic rings. The third-order valence-electron chi connectivity index (χ3n) is 1.91. The number of aliphatic hydroxyl groups is 1. The largest absolute Gasteiger partial charge is 0.481 e. The number of halogens is 3. The molecule has 4 nitrogen and oxygen atoms in total. The van der Waals surface area contributed by atoms with Crippen molar-refractivity contribution in [1.29, 1.82) is 0 Å². The molecule has 1 aromatic heterocycles. The molecule has 0 aromatic carbocycles. The summed E-state index contributed by atoms with van der Waals surface area (Å²) in [6.07, 6.45) is -5.90. The van der Waals surface area contributed by atoms with Crippen LogP contribution in [0.15, 0.2) is 12.4 Å². The Morgan fingerprint density at radius 3 is 2.69 bits per heavy atom. The maximum atomic E-state index is 11.9. The van der Waals surface area contributed by atoms with Crippen LogP contribution in [0.5, 0.6) is 5.88 Å². The maximum absolute atomic E-state index is 11.9. The lowest BCUT2D eigenvalue weighted by molar-refractivity contribution is -0.140. The third-order valence-corrected chi connectivity index (χ3v) is 1.91. The van der Waals surface area contributed by atoms with Gasteiger partial charge < -0.3 is 9.84 Å². The van der Waals surface area contributed by atoms with Gasteiger partial charge in [0.25, 0.3) is 0 Å². The summed E-state index contributed by atoms with van der Waals surface area (Å²) in [6, 6.07) is 1.31. The maximum Gasteiger partial charge on any atom is 0.389 e. The Kier molecular flexibility index (Phi) is 4.05. The molecule has 0 aliphatic carbocycles. The van der Waals surface area contributed by atoms with Crippen molar-refractivity contribution in [2.24, 2.45) is 0 Å². The van der Waals surface area contributed by atoms with Crippen molar-refractivity contribution in [3.05, 3.63) is 18.1 Å². The minimum atomic E-state index is -4.28. The molecule has 0 saturated heterocycles. The smallest absolute Gasteiger partial charge is 0.389 e. The summed E-state index contributed by atoms with van der Waals surface area (Å²) in [5.41, 5.74) is 0.121. The summed E-state index contributed by atoms with van der Waals surface area (Å²) < 4.78 is 40.5. The summed E-state index contributed by atoms with van der Waals surface area (Å²) >= 11 is 0. The van der Waals surface area contributed by atoms with Gasteiger partial charge in [0.2, 0.25) is 5.88 Å². The van der Waals surface area contributed by atoms with Crippen molar-refractivity contribution in [3.63, 3.8) is 0 Å². The number of methoxy groups -OCH3 is 1. The Hall–Kier alpha value is -1.37. The molecular weight excluding hydrogens is 225 g/mol. The molecule has 1 unspecified atom stereocenters. The Balaban J connectivity index is 2.62. The molecular formula is C9H11F3N2O2. The van der Waals surface area contributed by atoms with Gasteiger partial charge in [0.1, 0.15) is 6.33 Å². The van der Waals surface area contributed by atoms with E-state index in [2.05, 4.69) is 9.97 Å². The van der Waals surface area contributed by atoms with Gasteiger partial charge >= 0.3 is 6.18 Å². The molecule has 1 atom stereocenters. The van der Waals surface area contributed by atoms with Crippen LogP contribution in [0.4, 0.5) is 13.2 Å². The zero-order chi connectivity index (χ0) is 12.2. The van der Waals surface area contributed by atoms with Crippen LogP contribution < -0.4 is 4.74 Å². The van der Waals surface area contributed by atoms with E-state index in [0.717, 1.165) is 6.33 Å². The molecule has 0 radical (unpaired) electrons. The van der Waals surface area contributed by atoms with Crippen LogP contribution in [0.1, 0.15) is 24.6 Å². The second kappa shape index (κ2) is 5.11. The van der Waals surface area contributed by atoms with Crippen molar-refractivity contribution >= 4 is 0 Å². The number of alkyl halides is 3. The predicted octanol–water partition coefficient (Wildman–Crippen LogP) is 1.86. The molecule has 1 heterocycles. The first-order valence-corrected chi connectivity index (χ1v) is 4.53. The Bertz CT molecular complexity index is 344. The van der Waals surface area contributed by atoms with E-state index in [1.165, 1.54) is 13.2 Å². The van der Waals surface area contributed by atoms with Gasteiger partial charge in [-0.15, -0.1) is 0 Å². The number of nitrogens with zero attached hydrogens (tertiary/aromatic N) is 2. The van der Waals surface area contributed by atoms with Crippen molar-refractivity contribution in [2.45, 2.75) is 25.1 Å². The standard InChI is InChI=1S/C9H11F3N2O2/c1-16-8-4-6(13-5-14-8)7(15)2-3-9(10,11)12/h4-5,7,15H,2-3H2,1H3. The zero-order valence-electron chi connectivity index (χ0n) is 8.53. The first-order valence-electron chi connectivity index (χ1n) is 4.53. The number of aliphatic hydroxyl groups excluding tert-OH is 1. The summed E-state index contributed by atoms with van der Waals surface area (Å²) in [5, 5.41) is 9.46. The molecule has 0 bridgehead atoms. The molecule has 16 heavy (non-hydrogen) atoms. The number of aromatic nitrogens is 2. The molecule has 1 rings (SSSR count). The van der Waals surface area contributed by atoms with E-state index in [4.69, 9.17) is 4.74 Å². The Morgan fingerprint density at radius 2 is 2.12 bits per heavy atom. The van der Waals surface area contributed by atoms with E-state index >= 15 is 0 Å². The first-order chi connectivity index (χ1) is 7.42. The van der Waals surface area contributed by atoms with Crippen LogP contribution in [-0.4, -0.2) is 28.4 Å². The van der Waals surface area contributed by atoms with Crippen molar-refractivity contribution < 1.29 is 23.0 Å². The van der Waals surface area contributed by atoms with E-state index in [1.54, 1.807) is 0 Å². The molecule has 7 heteroatoms.